The van der Waals surface area contributed by atoms with Gasteiger partial charge in [0.05, 0.1) is 0 Å². The lowest BCUT2D eigenvalue weighted by Crippen LogP contribution is -1.98. The largest absolute Gasteiger partial charge is 0.303 e. The van der Waals surface area contributed by atoms with Gasteiger partial charge in [-0.2, -0.15) is 0 Å². The quantitative estimate of drug-likeness (QED) is 0.439. The van der Waals surface area contributed by atoms with E-state index in [-0.39, 0.29) is 5.92 Å². The molecule has 0 saturated carbocycles. The lowest BCUT2D eigenvalue weighted by atomic mass is 10.0. The second-order valence-electron chi connectivity index (χ2n) is 3.29. The molecule has 1 atom stereocenters. The van der Waals surface area contributed by atoms with Crippen molar-refractivity contribution in [3.05, 3.63) is 11.6 Å². The Kier molecular flexibility index (Phi) is 6.73. The Hall–Kier alpha value is -0.590. The lowest BCUT2D eigenvalue weighted by Gasteiger charge is -2.03. The van der Waals surface area contributed by atoms with E-state index in [0.29, 0.717) is 0 Å². The highest BCUT2D eigenvalue weighted by molar-refractivity contribution is 5.53. The summed E-state index contributed by atoms with van der Waals surface area (Å²) >= 11 is 0. The van der Waals surface area contributed by atoms with Gasteiger partial charge in [-0.1, -0.05) is 25.5 Å². The van der Waals surface area contributed by atoms with Gasteiger partial charge in [0.1, 0.15) is 6.29 Å². The molecule has 0 N–H and O–H groups in total. The highest BCUT2D eigenvalue weighted by atomic mass is 16.1. The first kappa shape index (κ1) is 11.4. The van der Waals surface area contributed by atoms with Crippen LogP contribution in [0, 0.1) is 5.92 Å². The minimum atomic E-state index is 0.269. The Morgan fingerprint density at radius 1 is 1.42 bits per heavy atom. The second-order valence-corrected chi connectivity index (χ2v) is 3.29. The topological polar surface area (TPSA) is 17.1 Å². The van der Waals surface area contributed by atoms with E-state index >= 15 is 0 Å². The van der Waals surface area contributed by atoms with Crippen molar-refractivity contribution in [3.8, 4) is 0 Å². The van der Waals surface area contributed by atoms with Gasteiger partial charge in [-0.15, -0.1) is 0 Å². The Balaban J connectivity index is 3.60. The minimum absolute atomic E-state index is 0.269. The summed E-state index contributed by atoms with van der Waals surface area (Å²) in [5.41, 5.74) is 1.43. The summed E-state index contributed by atoms with van der Waals surface area (Å²) in [5, 5.41) is 0. The lowest BCUT2D eigenvalue weighted by molar-refractivity contribution is -0.111. The highest BCUT2D eigenvalue weighted by Crippen LogP contribution is 2.10. The average Bonchev–Trinajstić information content (AvgIpc) is 2.12. The molecule has 0 aromatic heterocycles. The Bertz CT molecular complexity index is 147. The van der Waals surface area contributed by atoms with Crippen molar-refractivity contribution >= 4 is 6.29 Å². The van der Waals surface area contributed by atoms with E-state index in [4.69, 9.17) is 0 Å². The van der Waals surface area contributed by atoms with E-state index < -0.39 is 0 Å². The molecule has 0 aliphatic rings. The van der Waals surface area contributed by atoms with Gasteiger partial charge >= 0.3 is 0 Å². The molecule has 0 amide bonds. The third-order valence-electron chi connectivity index (χ3n) is 2.30. The van der Waals surface area contributed by atoms with Crippen molar-refractivity contribution in [2.75, 3.05) is 0 Å². The molecule has 1 unspecified atom stereocenters. The van der Waals surface area contributed by atoms with E-state index in [1.165, 1.54) is 5.57 Å². The highest BCUT2D eigenvalue weighted by Gasteiger charge is 2.01. The minimum Gasteiger partial charge on any atom is -0.303 e. The maximum absolute atomic E-state index is 10.5. The number of rotatable bonds is 6. The molecule has 0 radical (unpaired) electrons. The molecule has 0 rings (SSSR count). The summed E-state index contributed by atoms with van der Waals surface area (Å²) in [6.07, 6.45) is 7.48. The van der Waals surface area contributed by atoms with Crippen LogP contribution in [0.3, 0.4) is 0 Å². The molecule has 0 aliphatic heterocycles. The number of aldehydes is 1. The summed E-state index contributed by atoms with van der Waals surface area (Å²) in [4.78, 5) is 10.5. The predicted octanol–water partition coefficient (Wildman–Crippen LogP) is 3.35. The standard InChI is InChI=1S/C11H20O/c1-4-10(3)7-6-8-11(5-2)9-12/h7,9,11H,4-6,8H2,1-3H3. The summed E-state index contributed by atoms with van der Waals surface area (Å²) in [6, 6.07) is 0. The van der Waals surface area contributed by atoms with Crippen LogP contribution in [0.1, 0.15) is 46.5 Å². The predicted molar refractivity (Wildman–Crippen MR) is 53.1 cm³/mol. The van der Waals surface area contributed by atoms with E-state index in [1.54, 1.807) is 0 Å². The van der Waals surface area contributed by atoms with Crippen LogP contribution in [0.15, 0.2) is 11.6 Å². The summed E-state index contributed by atoms with van der Waals surface area (Å²) in [7, 11) is 0. The van der Waals surface area contributed by atoms with Gasteiger partial charge in [0, 0.05) is 5.92 Å². The molecule has 70 valence electrons. The maximum atomic E-state index is 10.5. The smallest absolute Gasteiger partial charge is 0.123 e. The fraction of sp³-hybridized carbons (Fsp3) is 0.727. The fourth-order valence-corrected chi connectivity index (χ4v) is 1.06. The van der Waals surface area contributed by atoms with Crippen LogP contribution >= 0.6 is 0 Å². The van der Waals surface area contributed by atoms with Crippen molar-refractivity contribution in [1.82, 2.24) is 0 Å². The zero-order valence-electron chi connectivity index (χ0n) is 8.47. The van der Waals surface area contributed by atoms with Gasteiger partial charge in [-0.3, -0.25) is 0 Å². The molecule has 0 fully saturated rings. The van der Waals surface area contributed by atoms with Gasteiger partial charge in [-0.25, -0.2) is 0 Å². The maximum Gasteiger partial charge on any atom is 0.123 e. The Morgan fingerprint density at radius 3 is 2.50 bits per heavy atom. The molecule has 0 aromatic carbocycles. The third-order valence-corrected chi connectivity index (χ3v) is 2.30. The number of carbonyl (C=O) groups excluding carboxylic acids is 1. The zero-order chi connectivity index (χ0) is 9.40. The third kappa shape index (κ3) is 5.11. The van der Waals surface area contributed by atoms with Gasteiger partial charge in [-0.05, 0) is 32.6 Å². The van der Waals surface area contributed by atoms with Gasteiger partial charge < -0.3 is 4.79 Å². The van der Waals surface area contributed by atoms with Crippen molar-refractivity contribution in [3.63, 3.8) is 0 Å². The molecule has 1 nitrogen and oxygen atoms in total. The van der Waals surface area contributed by atoms with Crippen LogP contribution in [0.5, 0.6) is 0 Å². The first-order valence-electron chi connectivity index (χ1n) is 4.85. The first-order valence-corrected chi connectivity index (χ1v) is 4.85. The molecular weight excluding hydrogens is 148 g/mol. The van der Waals surface area contributed by atoms with Crippen molar-refractivity contribution in [2.45, 2.75) is 46.5 Å². The summed E-state index contributed by atoms with van der Waals surface area (Å²) in [6.45, 7) is 6.36. The molecule has 12 heavy (non-hydrogen) atoms. The van der Waals surface area contributed by atoms with Crippen molar-refractivity contribution in [2.24, 2.45) is 5.92 Å². The molecule has 0 heterocycles. The van der Waals surface area contributed by atoms with Gasteiger partial charge in [0.25, 0.3) is 0 Å². The summed E-state index contributed by atoms with van der Waals surface area (Å²) in [5.74, 6) is 0.269. The van der Waals surface area contributed by atoms with E-state index in [2.05, 4.69) is 26.8 Å². The van der Waals surface area contributed by atoms with Crippen molar-refractivity contribution in [1.29, 1.82) is 0 Å². The molecule has 0 bridgehead atoms. The number of hydrogen-bond donors (Lipinski definition) is 0. The average molecular weight is 168 g/mol. The SMILES string of the molecule is CCC(C)=CCCC(C=O)CC. The van der Waals surface area contributed by atoms with Crippen LogP contribution < -0.4 is 0 Å². The molecular formula is C11H20O. The molecule has 0 aromatic rings. The van der Waals surface area contributed by atoms with E-state index in [9.17, 15) is 4.79 Å². The normalized spacial score (nSPS) is 14.4. The molecule has 0 spiro atoms. The number of allylic oxidation sites excluding steroid dienone is 2. The molecule has 0 saturated heterocycles. The van der Waals surface area contributed by atoms with Crippen LogP contribution in [0.4, 0.5) is 0 Å². The number of hydrogen-bond acceptors (Lipinski definition) is 1. The van der Waals surface area contributed by atoms with E-state index in [0.717, 1.165) is 32.0 Å². The van der Waals surface area contributed by atoms with Gasteiger partial charge in [0.15, 0.2) is 0 Å². The second kappa shape index (κ2) is 7.08. The Labute approximate surface area is 75.9 Å². The monoisotopic (exact) mass is 168 g/mol. The van der Waals surface area contributed by atoms with Crippen LogP contribution in [0.25, 0.3) is 0 Å². The van der Waals surface area contributed by atoms with Crippen molar-refractivity contribution < 1.29 is 4.79 Å². The Morgan fingerprint density at radius 2 is 2.08 bits per heavy atom. The first-order chi connectivity index (χ1) is 5.74. The van der Waals surface area contributed by atoms with Crippen LogP contribution in [-0.2, 0) is 4.79 Å². The van der Waals surface area contributed by atoms with E-state index in [1.807, 2.05) is 0 Å². The zero-order valence-corrected chi connectivity index (χ0v) is 8.47. The molecule has 0 aliphatic carbocycles. The van der Waals surface area contributed by atoms with Gasteiger partial charge in [0.2, 0.25) is 0 Å². The van der Waals surface area contributed by atoms with Crippen LogP contribution in [0.2, 0.25) is 0 Å². The molecule has 1 heteroatoms. The summed E-state index contributed by atoms with van der Waals surface area (Å²) < 4.78 is 0. The number of carbonyl (C=O) groups is 1. The van der Waals surface area contributed by atoms with Crippen LogP contribution in [-0.4, -0.2) is 6.29 Å². The fourth-order valence-electron chi connectivity index (χ4n) is 1.06.